The van der Waals surface area contributed by atoms with Crippen molar-refractivity contribution in [1.29, 1.82) is 0 Å². The molecule has 0 bridgehead atoms. The summed E-state index contributed by atoms with van der Waals surface area (Å²) in [5.74, 6) is 2.28. The molecule has 1 atom stereocenters. The second-order valence-electron chi connectivity index (χ2n) is 4.63. The van der Waals surface area contributed by atoms with Gasteiger partial charge in [0.25, 0.3) is 0 Å². The van der Waals surface area contributed by atoms with E-state index < -0.39 is 0 Å². The van der Waals surface area contributed by atoms with Crippen LogP contribution in [-0.2, 0) is 6.42 Å². The van der Waals surface area contributed by atoms with Gasteiger partial charge in [0.2, 0.25) is 0 Å². The van der Waals surface area contributed by atoms with Crippen LogP contribution < -0.4 is 5.73 Å². The summed E-state index contributed by atoms with van der Waals surface area (Å²) in [6.45, 7) is 4.83. The topological polar surface area (TPSA) is 51.8 Å². The van der Waals surface area contributed by atoms with Crippen LogP contribution in [0.25, 0.3) is 0 Å². The molecular weight excluding hydrogens is 230 g/mol. The van der Waals surface area contributed by atoms with Gasteiger partial charge >= 0.3 is 0 Å². The largest absolute Gasteiger partial charge is 0.330 e. The Bertz CT molecular complexity index is 363. The zero-order chi connectivity index (χ0) is 12.3. The van der Waals surface area contributed by atoms with E-state index in [1.165, 1.54) is 30.6 Å². The molecule has 2 N–H and O–H groups in total. The van der Waals surface area contributed by atoms with E-state index in [0.29, 0.717) is 11.8 Å². The van der Waals surface area contributed by atoms with Gasteiger partial charge in [0, 0.05) is 11.4 Å². The maximum atomic E-state index is 5.62. The summed E-state index contributed by atoms with van der Waals surface area (Å²) in [5, 5.41) is 0.507. The summed E-state index contributed by atoms with van der Waals surface area (Å²) in [4.78, 5) is 9.38. The Kier molecular flexibility index (Phi) is 4.40. The molecule has 1 aromatic heterocycles. The van der Waals surface area contributed by atoms with Gasteiger partial charge in [0.15, 0.2) is 0 Å². The van der Waals surface area contributed by atoms with E-state index in [-0.39, 0.29) is 0 Å². The van der Waals surface area contributed by atoms with E-state index in [4.69, 9.17) is 5.73 Å². The van der Waals surface area contributed by atoms with E-state index in [1.807, 2.05) is 11.8 Å². The highest BCUT2D eigenvalue weighted by molar-refractivity contribution is 7.99. The van der Waals surface area contributed by atoms with Crippen molar-refractivity contribution in [3.8, 4) is 0 Å². The fourth-order valence-electron chi connectivity index (χ4n) is 2.36. The molecule has 1 unspecified atom stereocenters. The summed E-state index contributed by atoms with van der Waals surface area (Å²) in [5.41, 5.74) is 9.08. The van der Waals surface area contributed by atoms with Gasteiger partial charge in [0.1, 0.15) is 5.82 Å². The lowest BCUT2D eigenvalue weighted by Gasteiger charge is -2.21. The molecule has 1 aliphatic rings. The first-order valence-electron chi connectivity index (χ1n) is 6.38. The minimum absolute atomic E-state index is 0.507. The Labute approximate surface area is 108 Å². The summed E-state index contributed by atoms with van der Waals surface area (Å²) in [6.07, 6.45) is 4.75. The fourth-order valence-corrected chi connectivity index (χ4v) is 3.60. The number of hydrogen-bond acceptors (Lipinski definition) is 4. The molecule has 0 spiro atoms. The number of rotatable bonds is 3. The van der Waals surface area contributed by atoms with Gasteiger partial charge in [-0.2, -0.15) is 11.8 Å². The van der Waals surface area contributed by atoms with Gasteiger partial charge in [-0.3, -0.25) is 0 Å². The lowest BCUT2D eigenvalue weighted by molar-refractivity contribution is 0.655. The van der Waals surface area contributed by atoms with Crippen LogP contribution in [0.1, 0.15) is 47.3 Å². The predicted molar refractivity (Wildman–Crippen MR) is 73.3 cm³/mol. The SMILES string of the molecule is Cc1nc(C2CCCCS2)nc(C)c1CCN. The highest BCUT2D eigenvalue weighted by Crippen LogP contribution is 2.36. The Morgan fingerprint density at radius 2 is 1.94 bits per heavy atom. The number of nitrogens with zero attached hydrogens (tertiary/aromatic N) is 2. The van der Waals surface area contributed by atoms with Crippen LogP contribution in [-0.4, -0.2) is 22.3 Å². The second-order valence-corrected chi connectivity index (χ2v) is 5.94. The molecule has 0 aliphatic carbocycles. The smallest absolute Gasteiger partial charge is 0.141 e. The average Bonchev–Trinajstić information content (AvgIpc) is 2.35. The van der Waals surface area contributed by atoms with Crippen molar-refractivity contribution in [3.63, 3.8) is 0 Å². The molecule has 0 saturated carbocycles. The van der Waals surface area contributed by atoms with Crippen LogP contribution in [0.3, 0.4) is 0 Å². The molecule has 1 saturated heterocycles. The number of aryl methyl sites for hydroxylation is 2. The normalized spacial score (nSPS) is 20.5. The van der Waals surface area contributed by atoms with E-state index in [2.05, 4.69) is 23.8 Å². The van der Waals surface area contributed by atoms with Crippen molar-refractivity contribution >= 4 is 11.8 Å². The molecule has 0 aromatic carbocycles. The molecule has 1 aromatic rings. The number of aromatic nitrogens is 2. The maximum absolute atomic E-state index is 5.62. The molecule has 0 amide bonds. The first-order chi connectivity index (χ1) is 8.22. The monoisotopic (exact) mass is 251 g/mol. The Hall–Kier alpha value is -0.610. The third kappa shape index (κ3) is 2.99. The molecule has 1 fully saturated rings. The second kappa shape index (κ2) is 5.83. The molecule has 2 rings (SSSR count). The highest BCUT2D eigenvalue weighted by atomic mass is 32.2. The van der Waals surface area contributed by atoms with Crippen molar-refractivity contribution < 1.29 is 0 Å². The first kappa shape index (κ1) is 12.8. The van der Waals surface area contributed by atoms with Crippen LogP contribution in [0, 0.1) is 13.8 Å². The maximum Gasteiger partial charge on any atom is 0.141 e. The molecule has 17 heavy (non-hydrogen) atoms. The minimum Gasteiger partial charge on any atom is -0.330 e. The quantitative estimate of drug-likeness (QED) is 0.897. The van der Waals surface area contributed by atoms with Crippen LogP contribution in [0.5, 0.6) is 0 Å². The zero-order valence-electron chi connectivity index (χ0n) is 10.7. The van der Waals surface area contributed by atoms with Crippen LogP contribution in [0.4, 0.5) is 0 Å². The van der Waals surface area contributed by atoms with E-state index in [0.717, 1.165) is 23.6 Å². The van der Waals surface area contributed by atoms with Crippen LogP contribution >= 0.6 is 11.8 Å². The average molecular weight is 251 g/mol. The molecule has 1 aliphatic heterocycles. The van der Waals surface area contributed by atoms with Gasteiger partial charge in [-0.25, -0.2) is 9.97 Å². The minimum atomic E-state index is 0.507. The third-order valence-corrected chi connectivity index (χ3v) is 4.67. The lowest BCUT2D eigenvalue weighted by atomic mass is 10.1. The molecule has 2 heterocycles. The lowest BCUT2D eigenvalue weighted by Crippen LogP contribution is -2.13. The van der Waals surface area contributed by atoms with E-state index in [9.17, 15) is 0 Å². The fraction of sp³-hybridized carbons (Fsp3) is 0.692. The molecule has 3 nitrogen and oxygen atoms in total. The van der Waals surface area contributed by atoms with Crippen LogP contribution in [0.15, 0.2) is 0 Å². The Balaban J connectivity index is 2.24. The van der Waals surface area contributed by atoms with Crippen molar-refractivity contribution in [3.05, 3.63) is 22.8 Å². The van der Waals surface area contributed by atoms with Crippen molar-refractivity contribution in [2.45, 2.75) is 44.8 Å². The van der Waals surface area contributed by atoms with Crippen molar-refractivity contribution in [2.24, 2.45) is 5.73 Å². The van der Waals surface area contributed by atoms with Crippen molar-refractivity contribution in [2.75, 3.05) is 12.3 Å². The molecular formula is C13H21N3S. The van der Waals surface area contributed by atoms with Gasteiger partial charge in [-0.05, 0) is 51.0 Å². The zero-order valence-corrected chi connectivity index (χ0v) is 11.5. The standard InChI is InChI=1S/C13H21N3S/c1-9-11(6-7-14)10(2)16-13(15-9)12-5-3-4-8-17-12/h12H,3-8,14H2,1-2H3. The number of nitrogens with two attached hydrogens (primary N) is 1. The van der Waals surface area contributed by atoms with Crippen molar-refractivity contribution in [1.82, 2.24) is 9.97 Å². The van der Waals surface area contributed by atoms with Gasteiger partial charge in [0.05, 0.1) is 5.25 Å². The van der Waals surface area contributed by atoms with Gasteiger partial charge in [-0.1, -0.05) is 6.42 Å². The Morgan fingerprint density at radius 1 is 1.24 bits per heavy atom. The molecule has 94 valence electrons. The summed E-state index contributed by atoms with van der Waals surface area (Å²) in [6, 6.07) is 0. The Morgan fingerprint density at radius 3 is 2.47 bits per heavy atom. The summed E-state index contributed by atoms with van der Waals surface area (Å²) >= 11 is 2.00. The van der Waals surface area contributed by atoms with E-state index >= 15 is 0 Å². The summed E-state index contributed by atoms with van der Waals surface area (Å²) < 4.78 is 0. The number of hydrogen-bond donors (Lipinski definition) is 1. The molecule has 0 radical (unpaired) electrons. The first-order valence-corrected chi connectivity index (χ1v) is 7.43. The van der Waals surface area contributed by atoms with Gasteiger partial charge in [-0.15, -0.1) is 0 Å². The third-order valence-electron chi connectivity index (χ3n) is 3.30. The molecule has 4 heteroatoms. The summed E-state index contributed by atoms with van der Waals surface area (Å²) in [7, 11) is 0. The van der Waals surface area contributed by atoms with Crippen LogP contribution in [0.2, 0.25) is 0 Å². The predicted octanol–water partition coefficient (Wildman–Crippen LogP) is 2.55. The number of thioether (sulfide) groups is 1. The van der Waals surface area contributed by atoms with E-state index in [1.54, 1.807) is 0 Å². The highest BCUT2D eigenvalue weighted by Gasteiger charge is 2.20. The van der Waals surface area contributed by atoms with Gasteiger partial charge < -0.3 is 5.73 Å².